The molecule has 0 heterocycles. The first-order valence-electron chi connectivity index (χ1n) is 11.0. The summed E-state index contributed by atoms with van der Waals surface area (Å²) in [5.41, 5.74) is 1.78. The molecule has 4 aromatic carbocycles. The summed E-state index contributed by atoms with van der Waals surface area (Å²) in [7, 11) is 0. The van der Waals surface area contributed by atoms with Gasteiger partial charge < -0.3 is 19.7 Å². The fourth-order valence-electron chi connectivity index (χ4n) is 3.66. The van der Waals surface area contributed by atoms with Crippen molar-refractivity contribution < 1.29 is 29.3 Å². The number of carbonyl (C=O) groups excluding carboxylic acids is 2. The van der Waals surface area contributed by atoms with Crippen LogP contribution in [0.3, 0.4) is 0 Å². The molecule has 0 aromatic heterocycles. The van der Waals surface area contributed by atoms with Crippen LogP contribution < -0.4 is 9.47 Å². The highest BCUT2D eigenvalue weighted by Crippen LogP contribution is 2.34. The van der Waals surface area contributed by atoms with Gasteiger partial charge in [0.2, 0.25) is 0 Å². The number of carbonyl (C=O) groups is 2. The van der Waals surface area contributed by atoms with Crippen LogP contribution in [0.1, 0.15) is 45.7 Å². The van der Waals surface area contributed by atoms with Crippen molar-refractivity contribution in [2.45, 2.75) is 19.3 Å². The minimum atomic E-state index is -0.635. The predicted molar refractivity (Wildman–Crippen MR) is 131 cm³/mol. The molecule has 0 saturated heterocycles. The molecule has 0 atom stereocenters. The van der Waals surface area contributed by atoms with Gasteiger partial charge in [0.15, 0.2) is 0 Å². The topological polar surface area (TPSA) is 93.1 Å². The van der Waals surface area contributed by atoms with Gasteiger partial charge in [0.25, 0.3) is 0 Å². The predicted octanol–water partition coefficient (Wildman–Crippen LogP) is 5.86. The molecule has 4 aromatic rings. The monoisotopic (exact) mass is 468 g/mol. The molecule has 0 unspecified atom stereocenters. The van der Waals surface area contributed by atoms with Gasteiger partial charge in [0, 0.05) is 5.41 Å². The van der Waals surface area contributed by atoms with Gasteiger partial charge in [-0.05, 0) is 59.7 Å². The largest absolute Gasteiger partial charge is 0.507 e. The molecular weight excluding hydrogens is 444 g/mol. The van der Waals surface area contributed by atoms with Gasteiger partial charge in [0.1, 0.15) is 34.1 Å². The lowest BCUT2D eigenvalue weighted by Gasteiger charge is -2.26. The Kier molecular flexibility index (Phi) is 6.55. The van der Waals surface area contributed by atoms with E-state index in [-0.39, 0.29) is 28.0 Å². The molecule has 2 N–H and O–H groups in total. The Labute approximate surface area is 203 Å². The van der Waals surface area contributed by atoms with Crippen LogP contribution in [-0.2, 0) is 5.41 Å². The van der Waals surface area contributed by atoms with Crippen LogP contribution in [0.4, 0.5) is 0 Å². The molecule has 0 spiro atoms. The third kappa shape index (κ3) is 5.17. The van der Waals surface area contributed by atoms with Crippen molar-refractivity contribution in [3.8, 4) is 23.0 Å². The molecule has 176 valence electrons. The Morgan fingerprint density at radius 3 is 1.26 bits per heavy atom. The minimum Gasteiger partial charge on any atom is -0.507 e. The average molecular weight is 469 g/mol. The molecule has 0 aliphatic carbocycles. The molecule has 0 amide bonds. The number of aromatic hydroxyl groups is 2. The Balaban J connectivity index is 1.45. The van der Waals surface area contributed by atoms with Crippen LogP contribution in [-0.4, -0.2) is 22.2 Å². The maximum Gasteiger partial charge on any atom is 0.347 e. The second-order valence-corrected chi connectivity index (χ2v) is 8.49. The molecule has 6 heteroatoms. The third-order valence-electron chi connectivity index (χ3n) is 5.82. The van der Waals surface area contributed by atoms with Gasteiger partial charge in [-0.3, -0.25) is 0 Å². The van der Waals surface area contributed by atoms with Gasteiger partial charge in [0.05, 0.1) is 0 Å². The van der Waals surface area contributed by atoms with Crippen LogP contribution in [0.25, 0.3) is 0 Å². The molecule has 35 heavy (non-hydrogen) atoms. The Hall–Kier alpha value is -4.58. The van der Waals surface area contributed by atoms with E-state index in [1.807, 2.05) is 24.3 Å². The highest BCUT2D eigenvalue weighted by molar-refractivity contribution is 5.94. The number of rotatable bonds is 6. The quantitative estimate of drug-likeness (QED) is 0.272. The Morgan fingerprint density at radius 1 is 0.571 bits per heavy atom. The number of phenolic OH excluding ortho intramolecular Hbond substituents is 2. The van der Waals surface area contributed by atoms with Crippen LogP contribution in [0.5, 0.6) is 23.0 Å². The number of para-hydroxylation sites is 2. The van der Waals surface area contributed by atoms with E-state index in [1.54, 1.807) is 48.5 Å². The number of phenols is 2. The van der Waals surface area contributed by atoms with Crippen molar-refractivity contribution in [3.63, 3.8) is 0 Å². The van der Waals surface area contributed by atoms with E-state index in [1.165, 1.54) is 24.3 Å². The van der Waals surface area contributed by atoms with Gasteiger partial charge in [-0.1, -0.05) is 62.4 Å². The first-order chi connectivity index (χ1) is 16.8. The van der Waals surface area contributed by atoms with E-state index in [2.05, 4.69) is 13.8 Å². The zero-order valence-corrected chi connectivity index (χ0v) is 19.3. The normalized spacial score (nSPS) is 11.0. The summed E-state index contributed by atoms with van der Waals surface area (Å²) in [6.45, 7) is 4.11. The molecule has 0 aliphatic rings. The summed E-state index contributed by atoms with van der Waals surface area (Å²) >= 11 is 0. The van der Waals surface area contributed by atoms with Crippen molar-refractivity contribution in [2.24, 2.45) is 0 Å². The van der Waals surface area contributed by atoms with E-state index < -0.39 is 11.9 Å². The number of hydrogen-bond acceptors (Lipinski definition) is 6. The van der Waals surface area contributed by atoms with Crippen LogP contribution >= 0.6 is 0 Å². The second-order valence-electron chi connectivity index (χ2n) is 8.49. The number of benzene rings is 4. The smallest absolute Gasteiger partial charge is 0.347 e. The summed E-state index contributed by atoms with van der Waals surface area (Å²) in [6, 6.07) is 26.8. The molecule has 0 saturated carbocycles. The number of esters is 2. The maximum atomic E-state index is 12.3. The third-order valence-corrected chi connectivity index (χ3v) is 5.82. The summed E-state index contributed by atoms with van der Waals surface area (Å²) in [5, 5.41) is 19.7. The molecule has 4 rings (SSSR count). The van der Waals surface area contributed by atoms with E-state index >= 15 is 0 Å². The first kappa shape index (κ1) is 23.6. The summed E-state index contributed by atoms with van der Waals surface area (Å²) in [4.78, 5) is 24.6. The lowest BCUT2D eigenvalue weighted by molar-refractivity contribution is 0.0721. The molecule has 6 nitrogen and oxygen atoms in total. The van der Waals surface area contributed by atoms with E-state index in [0.29, 0.717) is 11.5 Å². The highest BCUT2D eigenvalue weighted by atomic mass is 16.5. The second kappa shape index (κ2) is 9.73. The molecular formula is C29H24O6. The lowest BCUT2D eigenvalue weighted by Crippen LogP contribution is -2.19. The maximum absolute atomic E-state index is 12.3. The van der Waals surface area contributed by atoms with Gasteiger partial charge in [-0.25, -0.2) is 9.59 Å². The standard InChI is InChI=1S/C29H24O6/c1-29(2,19-11-15-21(16-12-19)34-27(32)23-7-3-5-9-25(23)30)20-13-17-22(18-14-20)35-28(33)24-8-4-6-10-26(24)31/h3-18,30-31H,1-2H3. The molecule has 0 bridgehead atoms. The van der Waals surface area contributed by atoms with Gasteiger partial charge in [-0.15, -0.1) is 0 Å². The van der Waals surface area contributed by atoms with E-state index in [9.17, 15) is 19.8 Å². The summed E-state index contributed by atoms with van der Waals surface area (Å²) in [6.07, 6.45) is 0. The molecule has 0 aliphatic heterocycles. The van der Waals surface area contributed by atoms with Gasteiger partial charge >= 0.3 is 11.9 Å². The van der Waals surface area contributed by atoms with Gasteiger partial charge in [-0.2, -0.15) is 0 Å². The van der Waals surface area contributed by atoms with Crippen molar-refractivity contribution in [3.05, 3.63) is 119 Å². The highest BCUT2D eigenvalue weighted by Gasteiger charge is 2.24. The SMILES string of the molecule is CC(C)(c1ccc(OC(=O)c2ccccc2O)cc1)c1ccc(OC(=O)c2ccccc2O)cc1. The van der Waals surface area contributed by atoms with Crippen LogP contribution in [0.2, 0.25) is 0 Å². The summed E-state index contributed by atoms with van der Waals surface area (Å²) in [5.74, 6) is -0.809. The van der Waals surface area contributed by atoms with Crippen LogP contribution in [0, 0.1) is 0 Å². The van der Waals surface area contributed by atoms with E-state index in [4.69, 9.17) is 9.47 Å². The number of ether oxygens (including phenoxy) is 2. The van der Waals surface area contributed by atoms with E-state index in [0.717, 1.165) is 11.1 Å². The zero-order chi connectivity index (χ0) is 25.0. The Bertz CT molecular complexity index is 1250. The van der Waals surface area contributed by atoms with Crippen molar-refractivity contribution in [1.29, 1.82) is 0 Å². The summed E-state index contributed by atoms with van der Waals surface area (Å²) < 4.78 is 10.8. The van der Waals surface area contributed by atoms with Crippen LogP contribution in [0.15, 0.2) is 97.1 Å². The minimum absolute atomic E-state index is 0.0974. The first-order valence-corrected chi connectivity index (χ1v) is 11.0. The number of hydrogen-bond donors (Lipinski definition) is 2. The Morgan fingerprint density at radius 2 is 0.914 bits per heavy atom. The average Bonchev–Trinajstić information content (AvgIpc) is 2.85. The zero-order valence-electron chi connectivity index (χ0n) is 19.3. The van der Waals surface area contributed by atoms with Crippen molar-refractivity contribution in [1.82, 2.24) is 0 Å². The fraction of sp³-hybridized carbons (Fsp3) is 0.103. The lowest BCUT2D eigenvalue weighted by atomic mass is 9.78. The fourth-order valence-corrected chi connectivity index (χ4v) is 3.66. The van der Waals surface area contributed by atoms with Crippen molar-refractivity contribution >= 4 is 11.9 Å². The van der Waals surface area contributed by atoms with Crippen molar-refractivity contribution in [2.75, 3.05) is 0 Å². The molecule has 0 fully saturated rings. The molecule has 0 radical (unpaired) electrons.